The van der Waals surface area contributed by atoms with E-state index in [1.165, 1.54) is 6.42 Å². The molecule has 0 bridgehead atoms. The van der Waals surface area contributed by atoms with Crippen molar-refractivity contribution < 1.29 is 5.11 Å². The Balaban J connectivity index is 3.68. The molecule has 3 N–H and O–H groups in total. The first-order valence-electron chi connectivity index (χ1n) is 5.22. The van der Waals surface area contributed by atoms with Gasteiger partial charge in [0, 0.05) is 12.1 Å². The highest BCUT2D eigenvalue weighted by Gasteiger charge is 2.09. The fourth-order valence-corrected chi connectivity index (χ4v) is 1.34. The summed E-state index contributed by atoms with van der Waals surface area (Å²) in [4.78, 5) is 2.40. The highest BCUT2D eigenvalue weighted by Crippen LogP contribution is 2.02. The quantitative estimate of drug-likeness (QED) is 0.622. The summed E-state index contributed by atoms with van der Waals surface area (Å²) in [5.74, 6) is 0. The van der Waals surface area contributed by atoms with Gasteiger partial charge in [-0.15, -0.1) is 0 Å². The molecule has 0 radical (unpaired) electrons. The summed E-state index contributed by atoms with van der Waals surface area (Å²) in [6, 6.07) is 0.518. The molecule has 1 unspecified atom stereocenters. The number of hydrogen-bond donors (Lipinski definition) is 2. The Morgan fingerprint density at radius 1 is 1.31 bits per heavy atom. The van der Waals surface area contributed by atoms with Crippen LogP contribution < -0.4 is 5.73 Å². The van der Waals surface area contributed by atoms with Crippen molar-refractivity contribution in [2.75, 3.05) is 19.7 Å². The summed E-state index contributed by atoms with van der Waals surface area (Å²) >= 11 is 0. The highest BCUT2D eigenvalue weighted by atomic mass is 16.3. The summed E-state index contributed by atoms with van der Waals surface area (Å²) in [7, 11) is 0. The fraction of sp³-hybridized carbons (Fsp3) is 1.00. The second-order valence-corrected chi connectivity index (χ2v) is 3.86. The maximum atomic E-state index is 8.77. The van der Waals surface area contributed by atoms with E-state index in [9.17, 15) is 0 Å². The van der Waals surface area contributed by atoms with Crippen LogP contribution in [0.1, 0.15) is 33.6 Å². The molecule has 0 aromatic carbocycles. The maximum Gasteiger partial charge on any atom is 0.0583 e. The van der Waals surface area contributed by atoms with Crippen LogP contribution in [0.4, 0.5) is 0 Å². The van der Waals surface area contributed by atoms with E-state index in [4.69, 9.17) is 10.8 Å². The number of nitrogens with zero attached hydrogens (tertiary/aromatic N) is 1. The van der Waals surface area contributed by atoms with Gasteiger partial charge < -0.3 is 15.7 Å². The van der Waals surface area contributed by atoms with Gasteiger partial charge in [-0.1, -0.05) is 6.92 Å². The molecule has 1 atom stereocenters. The summed E-state index contributed by atoms with van der Waals surface area (Å²) in [5.41, 5.74) is 5.64. The zero-order valence-corrected chi connectivity index (χ0v) is 9.16. The van der Waals surface area contributed by atoms with Crippen LogP contribution in [0.25, 0.3) is 0 Å². The van der Waals surface area contributed by atoms with Crippen molar-refractivity contribution in [1.82, 2.24) is 4.90 Å². The summed E-state index contributed by atoms with van der Waals surface area (Å²) < 4.78 is 0. The van der Waals surface area contributed by atoms with Crippen molar-refractivity contribution in [2.24, 2.45) is 5.73 Å². The molecule has 0 aliphatic carbocycles. The minimum atomic E-state index is -0.0573. The average Bonchev–Trinajstić information content (AvgIpc) is 2.11. The van der Waals surface area contributed by atoms with E-state index in [0.29, 0.717) is 6.04 Å². The molecule has 0 aliphatic rings. The Morgan fingerprint density at radius 3 is 2.31 bits per heavy atom. The lowest BCUT2D eigenvalue weighted by Gasteiger charge is -2.26. The van der Waals surface area contributed by atoms with E-state index < -0.39 is 0 Å². The highest BCUT2D eigenvalue weighted by molar-refractivity contribution is 4.67. The Morgan fingerprint density at radius 2 is 1.92 bits per heavy atom. The molecule has 0 rings (SSSR count). The van der Waals surface area contributed by atoms with Crippen LogP contribution in [0.15, 0.2) is 0 Å². The van der Waals surface area contributed by atoms with Gasteiger partial charge in [0.15, 0.2) is 0 Å². The van der Waals surface area contributed by atoms with Gasteiger partial charge in [0.25, 0.3) is 0 Å². The lowest BCUT2D eigenvalue weighted by Crippen LogP contribution is -2.36. The molecule has 13 heavy (non-hydrogen) atoms. The van der Waals surface area contributed by atoms with Gasteiger partial charge >= 0.3 is 0 Å². The minimum absolute atomic E-state index is 0.0573. The van der Waals surface area contributed by atoms with Crippen molar-refractivity contribution in [3.8, 4) is 0 Å². The predicted molar refractivity (Wildman–Crippen MR) is 56.7 cm³/mol. The Labute approximate surface area is 81.9 Å². The molecule has 0 heterocycles. The average molecular weight is 188 g/mol. The van der Waals surface area contributed by atoms with Gasteiger partial charge in [-0.3, -0.25) is 0 Å². The van der Waals surface area contributed by atoms with Gasteiger partial charge in [0.1, 0.15) is 0 Å². The molecule has 3 nitrogen and oxygen atoms in total. The first-order chi connectivity index (χ1) is 6.11. The monoisotopic (exact) mass is 188 g/mol. The van der Waals surface area contributed by atoms with Gasteiger partial charge in [-0.2, -0.15) is 0 Å². The second-order valence-electron chi connectivity index (χ2n) is 3.86. The van der Waals surface area contributed by atoms with E-state index in [0.717, 1.165) is 19.5 Å². The number of rotatable bonds is 7. The zero-order chi connectivity index (χ0) is 10.3. The lowest BCUT2D eigenvalue weighted by atomic mass is 10.2. The van der Waals surface area contributed by atoms with Gasteiger partial charge in [0.05, 0.1) is 6.61 Å². The third kappa shape index (κ3) is 6.02. The topological polar surface area (TPSA) is 49.5 Å². The molecule has 0 saturated heterocycles. The van der Waals surface area contributed by atoms with Crippen molar-refractivity contribution >= 4 is 0 Å². The molecule has 0 saturated carbocycles. The molecular weight excluding hydrogens is 164 g/mol. The third-order valence-corrected chi connectivity index (χ3v) is 2.26. The van der Waals surface area contributed by atoms with Crippen molar-refractivity contribution in [3.63, 3.8) is 0 Å². The number of hydrogen-bond acceptors (Lipinski definition) is 3. The molecule has 0 fully saturated rings. The summed E-state index contributed by atoms with van der Waals surface area (Å²) in [6.07, 6.45) is 2.06. The van der Waals surface area contributed by atoms with Gasteiger partial charge in [-0.25, -0.2) is 0 Å². The predicted octanol–water partition coefficient (Wildman–Crippen LogP) is 0.817. The number of nitrogens with two attached hydrogens (primary N) is 1. The first-order valence-corrected chi connectivity index (χ1v) is 5.22. The van der Waals surface area contributed by atoms with Gasteiger partial charge in [0.2, 0.25) is 0 Å². The SMILES string of the molecule is CCCN(CCC(N)CO)C(C)C. The van der Waals surface area contributed by atoms with E-state index >= 15 is 0 Å². The van der Waals surface area contributed by atoms with Crippen LogP contribution in [-0.4, -0.2) is 41.8 Å². The molecule has 0 aromatic rings. The van der Waals surface area contributed by atoms with Crippen LogP contribution in [-0.2, 0) is 0 Å². The van der Waals surface area contributed by atoms with Crippen molar-refractivity contribution in [2.45, 2.75) is 45.7 Å². The standard InChI is InChI=1S/C10H24N2O/c1-4-6-12(9(2)3)7-5-10(11)8-13/h9-10,13H,4-8,11H2,1-3H3. The fourth-order valence-electron chi connectivity index (χ4n) is 1.34. The summed E-state index contributed by atoms with van der Waals surface area (Å²) in [6.45, 7) is 8.78. The van der Waals surface area contributed by atoms with Crippen LogP contribution in [0.2, 0.25) is 0 Å². The largest absolute Gasteiger partial charge is 0.395 e. The second kappa shape index (κ2) is 7.30. The van der Waals surface area contributed by atoms with Crippen molar-refractivity contribution in [1.29, 1.82) is 0 Å². The Kier molecular flexibility index (Phi) is 7.23. The molecule has 0 spiro atoms. The summed E-state index contributed by atoms with van der Waals surface area (Å²) in [5, 5.41) is 8.77. The van der Waals surface area contributed by atoms with Crippen LogP contribution >= 0.6 is 0 Å². The molecule has 0 amide bonds. The minimum Gasteiger partial charge on any atom is -0.395 e. The van der Waals surface area contributed by atoms with E-state index in [-0.39, 0.29) is 12.6 Å². The number of aliphatic hydroxyl groups is 1. The third-order valence-electron chi connectivity index (χ3n) is 2.26. The van der Waals surface area contributed by atoms with E-state index in [1.807, 2.05) is 0 Å². The van der Waals surface area contributed by atoms with Crippen LogP contribution in [0.5, 0.6) is 0 Å². The molecule has 0 aromatic heterocycles. The van der Waals surface area contributed by atoms with Gasteiger partial charge in [-0.05, 0) is 39.8 Å². The Hall–Kier alpha value is -0.120. The van der Waals surface area contributed by atoms with Crippen LogP contribution in [0, 0.1) is 0 Å². The van der Waals surface area contributed by atoms with Crippen molar-refractivity contribution in [3.05, 3.63) is 0 Å². The maximum absolute atomic E-state index is 8.77. The molecular formula is C10H24N2O. The number of aliphatic hydroxyl groups excluding tert-OH is 1. The lowest BCUT2D eigenvalue weighted by molar-refractivity contribution is 0.195. The normalized spacial score (nSPS) is 14.1. The molecule has 0 aliphatic heterocycles. The van der Waals surface area contributed by atoms with Crippen LogP contribution in [0.3, 0.4) is 0 Å². The zero-order valence-electron chi connectivity index (χ0n) is 9.16. The smallest absolute Gasteiger partial charge is 0.0583 e. The molecule has 80 valence electrons. The molecule has 3 heteroatoms. The Bertz CT molecular complexity index is 117. The van der Waals surface area contributed by atoms with E-state index in [2.05, 4.69) is 25.7 Å². The van der Waals surface area contributed by atoms with E-state index in [1.54, 1.807) is 0 Å². The first kappa shape index (κ1) is 12.9.